The van der Waals surface area contributed by atoms with Crippen LogP contribution in [0.4, 0.5) is 10.1 Å². The summed E-state index contributed by atoms with van der Waals surface area (Å²) in [5, 5.41) is 10.0. The summed E-state index contributed by atoms with van der Waals surface area (Å²) in [7, 11) is 0. The molecule has 0 bridgehead atoms. The third-order valence-corrected chi connectivity index (χ3v) is 7.01. The highest BCUT2D eigenvalue weighted by atomic mass is 35.5. The molecule has 2 aromatic heterocycles. The van der Waals surface area contributed by atoms with Gasteiger partial charge in [0.05, 0.1) is 11.4 Å². The Morgan fingerprint density at radius 3 is 2.59 bits per heavy atom. The van der Waals surface area contributed by atoms with Gasteiger partial charge in [-0.2, -0.15) is 5.10 Å². The molecule has 172 valence electrons. The average molecular weight is 495 g/mol. The zero-order valence-electron chi connectivity index (χ0n) is 18.2. The minimum atomic E-state index is -1.27. The molecule has 6 nitrogen and oxygen atoms in total. The number of carbonyl (C=O) groups is 2. The summed E-state index contributed by atoms with van der Waals surface area (Å²) in [5.74, 6) is -1.02. The van der Waals surface area contributed by atoms with E-state index in [0.29, 0.717) is 22.1 Å². The molecule has 1 aliphatic rings. The van der Waals surface area contributed by atoms with Gasteiger partial charge in [0.1, 0.15) is 22.7 Å². The number of carbonyl (C=O) groups excluding carboxylic acids is 2. The molecule has 0 aliphatic carbocycles. The van der Waals surface area contributed by atoms with Crippen LogP contribution in [-0.4, -0.2) is 27.1 Å². The maximum absolute atomic E-state index is 13.7. The fourth-order valence-electron chi connectivity index (χ4n) is 4.10. The highest BCUT2D eigenvalue weighted by Gasteiger charge is 2.48. The number of hydrogen-bond donors (Lipinski definition) is 1. The molecular formula is C25H20ClFN4O2S. The molecule has 5 rings (SSSR count). The van der Waals surface area contributed by atoms with Gasteiger partial charge in [0.25, 0.3) is 5.91 Å². The molecule has 0 spiro atoms. The first-order valence-electron chi connectivity index (χ1n) is 10.6. The molecular weight excluding hydrogens is 475 g/mol. The Bertz CT molecular complexity index is 1350. The van der Waals surface area contributed by atoms with Crippen LogP contribution in [0.3, 0.4) is 0 Å². The number of fused-ring (bicyclic) bond motifs is 1. The van der Waals surface area contributed by atoms with E-state index in [4.69, 9.17) is 11.6 Å². The predicted octanol–water partition coefficient (Wildman–Crippen LogP) is 5.14. The van der Waals surface area contributed by atoms with E-state index < -0.39 is 5.54 Å². The maximum atomic E-state index is 13.7. The molecule has 3 heterocycles. The summed E-state index contributed by atoms with van der Waals surface area (Å²) >= 11 is 7.60. The number of aromatic nitrogens is 2. The quantitative estimate of drug-likeness (QED) is 0.418. The third kappa shape index (κ3) is 3.99. The lowest BCUT2D eigenvalue weighted by Crippen LogP contribution is -2.64. The molecule has 1 atom stereocenters. The zero-order chi connectivity index (χ0) is 23.9. The number of benzene rings is 2. The van der Waals surface area contributed by atoms with Crippen molar-refractivity contribution in [2.75, 3.05) is 4.90 Å². The highest BCUT2D eigenvalue weighted by molar-refractivity contribution is 7.13. The largest absolute Gasteiger partial charge is 0.350 e. The topological polar surface area (TPSA) is 67.2 Å². The summed E-state index contributed by atoms with van der Waals surface area (Å²) < 4.78 is 14.8. The Morgan fingerprint density at radius 2 is 1.91 bits per heavy atom. The first kappa shape index (κ1) is 22.3. The lowest BCUT2D eigenvalue weighted by Gasteiger charge is -2.43. The van der Waals surface area contributed by atoms with Crippen molar-refractivity contribution in [1.29, 1.82) is 0 Å². The average Bonchev–Trinajstić information content (AvgIpc) is 3.50. The molecule has 2 amide bonds. The van der Waals surface area contributed by atoms with Gasteiger partial charge in [0.2, 0.25) is 5.91 Å². The van der Waals surface area contributed by atoms with Crippen LogP contribution in [-0.2, 0) is 17.9 Å². The minimum absolute atomic E-state index is 0.164. The Labute approximate surface area is 204 Å². The monoisotopic (exact) mass is 494 g/mol. The van der Waals surface area contributed by atoms with E-state index in [9.17, 15) is 14.0 Å². The van der Waals surface area contributed by atoms with Crippen LogP contribution >= 0.6 is 22.9 Å². The van der Waals surface area contributed by atoms with Crippen LogP contribution in [0.5, 0.6) is 0 Å². The van der Waals surface area contributed by atoms with Crippen LogP contribution in [0.25, 0.3) is 10.6 Å². The Balaban J connectivity index is 1.52. The molecule has 34 heavy (non-hydrogen) atoms. The van der Waals surface area contributed by atoms with Crippen LogP contribution in [0.2, 0.25) is 5.02 Å². The molecule has 1 aliphatic heterocycles. The van der Waals surface area contributed by atoms with Crippen molar-refractivity contribution in [3.05, 3.63) is 94.2 Å². The van der Waals surface area contributed by atoms with Crippen LogP contribution in [0.1, 0.15) is 23.0 Å². The van der Waals surface area contributed by atoms with E-state index in [1.54, 1.807) is 54.1 Å². The summed E-state index contributed by atoms with van der Waals surface area (Å²) in [6, 6.07) is 18.3. The molecule has 2 aromatic carbocycles. The summed E-state index contributed by atoms with van der Waals surface area (Å²) in [5.41, 5.74) is 1.13. The van der Waals surface area contributed by atoms with Gasteiger partial charge in [-0.05, 0) is 66.4 Å². The molecule has 0 fully saturated rings. The number of thiophene rings is 1. The Kier molecular flexibility index (Phi) is 5.71. The van der Waals surface area contributed by atoms with Gasteiger partial charge in [-0.25, -0.2) is 4.39 Å². The second-order valence-electron chi connectivity index (χ2n) is 8.25. The van der Waals surface area contributed by atoms with Gasteiger partial charge in [-0.15, -0.1) is 11.3 Å². The van der Waals surface area contributed by atoms with E-state index in [0.717, 1.165) is 10.4 Å². The van der Waals surface area contributed by atoms with Crippen molar-refractivity contribution in [2.45, 2.75) is 25.6 Å². The lowest BCUT2D eigenvalue weighted by atomic mass is 9.94. The molecule has 0 saturated heterocycles. The normalized spacial score (nSPS) is 17.5. The number of halogens is 2. The van der Waals surface area contributed by atoms with Crippen molar-refractivity contribution < 1.29 is 14.0 Å². The minimum Gasteiger partial charge on any atom is -0.350 e. The standard InChI is InChI=1S/C25H20ClFN4O2S/c1-25(24(33)28-14-16-4-8-18(27)9-5-16)15-30-21(13-20(29-30)22-3-2-12-34-22)23(32)31(25)19-10-6-17(26)7-11-19/h2-13H,14-15H2,1H3,(H,28,33)/t25-/m1/s1. The molecule has 4 aromatic rings. The number of amides is 2. The maximum Gasteiger partial charge on any atom is 0.277 e. The van der Waals surface area contributed by atoms with E-state index in [2.05, 4.69) is 10.4 Å². The van der Waals surface area contributed by atoms with E-state index in [1.807, 2.05) is 17.5 Å². The lowest BCUT2D eigenvalue weighted by molar-refractivity contribution is -0.126. The van der Waals surface area contributed by atoms with E-state index in [1.165, 1.54) is 28.4 Å². The SMILES string of the molecule is C[C@]1(C(=O)NCc2ccc(F)cc2)Cn2nc(-c3cccs3)cc2C(=O)N1c1ccc(Cl)cc1. The zero-order valence-corrected chi connectivity index (χ0v) is 19.7. The van der Waals surface area contributed by atoms with Crippen LogP contribution in [0, 0.1) is 5.82 Å². The first-order chi connectivity index (χ1) is 16.3. The van der Waals surface area contributed by atoms with Crippen molar-refractivity contribution in [3.63, 3.8) is 0 Å². The summed E-state index contributed by atoms with van der Waals surface area (Å²) in [6.07, 6.45) is 0. The van der Waals surface area contributed by atoms with Crippen LogP contribution < -0.4 is 10.2 Å². The fourth-order valence-corrected chi connectivity index (χ4v) is 4.90. The molecule has 0 radical (unpaired) electrons. The van der Waals surface area contributed by atoms with Gasteiger partial charge in [-0.3, -0.25) is 19.2 Å². The second kappa shape index (κ2) is 8.70. The molecule has 0 saturated carbocycles. The van der Waals surface area contributed by atoms with E-state index >= 15 is 0 Å². The first-order valence-corrected chi connectivity index (χ1v) is 11.9. The third-order valence-electron chi connectivity index (χ3n) is 5.87. The van der Waals surface area contributed by atoms with Crippen molar-refractivity contribution in [1.82, 2.24) is 15.1 Å². The highest BCUT2D eigenvalue weighted by Crippen LogP contribution is 2.35. The summed E-state index contributed by atoms with van der Waals surface area (Å²) in [6.45, 7) is 2.08. The smallest absolute Gasteiger partial charge is 0.277 e. The van der Waals surface area contributed by atoms with Gasteiger partial charge in [-0.1, -0.05) is 29.8 Å². The molecule has 9 heteroatoms. The van der Waals surface area contributed by atoms with E-state index in [-0.39, 0.29) is 30.7 Å². The van der Waals surface area contributed by atoms with Crippen molar-refractivity contribution >= 4 is 40.4 Å². The number of nitrogens with zero attached hydrogens (tertiary/aromatic N) is 3. The van der Waals surface area contributed by atoms with Crippen molar-refractivity contribution in [2.24, 2.45) is 0 Å². The number of nitrogens with one attached hydrogen (secondary N) is 1. The van der Waals surface area contributed by atoms with Gasteiger partial charge in [0.15, 0.2) is 0 Å². The number of anilines is 1. The second-order valence-corrected chi connectivity index (χ2v) is 9.63. The summed E-state index contributed by atoms with van der Waals surface area (Å²) in [4.78, 5) is 29.7. The number of hydrogen-bond acceptors (Lipinski definition) is 4. The number of rotatable bonds is 5. The predicted molar refractivity (Wildman–Crippen MR) is 130 cm³/mol. The van der Waals surface area contributed by atoms with Gasteiger partial charge >= 0.3 is 0 Å². The fraction of sp³-hybridized carbons (Fsp3) is 0.160. The van der Waals surface area contributed by atoms with Gasteiger partial charge in [0, 0.05) is 17.3 Å². The Hall–Kier alpha value is -3.49. The van der Waals surface area contributed by atoms with Crippen molar-refractivity contribution in [3.8, 4) is 10.6 Å². The molecule has 1 N–H and O–H groups in total. The Morgan fingerprint density at radius 1 is 1.18 bits per heavy atom. The van der Waals surface area contributed by atoms with Gasteiger partial charge < -0.3 is 5.32 Å². The molecule has 0 unspecified atom stereocenters. The van der Waals surface area contributed by atoms with Crippen LogP contribution in [0.15, 0.2) is 72.1 Å².